The van der Waals surface area contributed by atoms with Gasteiger partial charge in [-0.2, -0.15) is 0 Å². The van der Waals surface area contributed by atoms with E-state index in [-0.39, 0.29) is 30.9 Å². The summed E-state index contributed by atoms with van der Waals surface area (Å²) in [6.07, 6.45) is -0.124. The van der Waals surface area contributed by atoms with Gasteiger partial charge in [0.2, 0.25) is 0 Å². The van der Waals surface area contributed by atoms with Crippen molar-refractivity contribution in [1.29, 1.82) is 0 Å². The zero-order valence-corrected chi connectivity index (χ0v) is 13.6. The first kappa shape index (κ1) is 17.5. The van der Waals surface area contributed by atoms with Gasteiger partial charge in [-0.25, -0.2) is 4.98 Å². The summed E-state index contributed by atoms with van der Waals surface area (Å²) in [4.78, 5) is 27.9. The van der Waals surface area contributed by atoms with E-state index in [1.807, 2.05) is 18.2 Å². The molecule has 0 saturated carbocycles. The fourth-order valence-corrected chi connectivity index (χ4v) is 2.23. The van der Waals surface area contributed by atoms with E-state index >= 15 is 0 Å². The van der Waals surface area contributed by atoms with E-state index < -0.39 is 11.8 Å². The molecule has 6 heteroatoms. The van der Waals surface area contributed by atoms with Crippen molar-refractivity contribution in [2.75, 3.05) is 13.7 Å². The van der Waals surface area contributed by atoms with Gasteiger partial charge in [0.1, 0.15) is 17.2 Å². The average Bonchev–Trinajstić information content (AvgIpc) is 2.60. The normalized spacial score (nSPS) is 10.2. The third-order valence-corrected chi connectivity index (χ3v) is 3.38. The van der Waals surface area contributed by atoms with Gasteiger partial charge in [-0.3, -0.25) is 9.59 Å². The Morgan fingerprint density at radius 2 is 1.88 bits per heavy atom. The monoisotopic (exact) mass is 329 g/mol. The summed E-state index contributed by atoms with van der Waals surface area (Å²) in [7, 11) is 1.55. The molecule has 2 rings (SSSR count). The Kier molecular flexibility index (Phi) is 5.89. The first-order valence-corrected chi connectivity index (χ1v) is 7.59. The fraction of sp³-hybridized carbons (Fsp3) is 0.278. The number of pyridine rings is 1. The zero-order valence-electron chi connectivity index (χ0n) is 13.6. The molecule has 1 aromatic heterocycles. The number of ether oxygens (including phenoxy) is 2. The van der Waals surface area contributed by atoms with Crippen molar-refractivity contribution in [3.05, 3.63) is 42.1 Å². The van der Waals surface area contributed by atoms with Crippen molar-refractivity contribution in [2.45, 2.75) is 19.8 Å². The van der Waals surface area contributed by atoms with Gasteiger partial charge in [0.15, 0.2) is 5.78 Å². The lowest BCUT2D eigenvalue weighted by atomic mass is 10.1. The Balaban J connectivity index is 2.25. The van der Waals surface area contributed by atoms with Crippen molar-refractivity contribution < 1.29 is 24.2 Å². The Morgan fingerprint density at radius 3 is 2.58 bits per heavy atom. The first-order chi connectivity index (χ1) is 11.6. The van der Waals surface area contributed by atoms with Crippen LogP contribution >= 0.6 is 0 Å². The van der Waals surface area contributed by atoms with E-state index in [0.29, 0.717) is 17.0 Å². The summed E-state index contributed by atoms with van der Waals surface area (Å²) in [5, 5.41) is 9.92. The molecule has 2 aromatic rings. The minimum atomic E-state index is -0.453. The molecule has 0 atom stereocenters. The molecule has 1 N–H and O–H groups in total. The number of para-hydroxylation sites is 1. The number of rotatable bonds is 7. The molecule has 0 aliphatic carbocycles. The summed E-state index contributed by atoms with van der Waals surface area (Å²) in [6.45, 7) is 1.96. The van der Waals surface area contributed by atoms with Gasteiger partial charge in [-0.1, -0.05) is 12.1 Å². The Bertz CT molecular complexity index is 742. The molecule has 1 heterocycles. The van der Waals surface area contributed by atoms with Crippen molar-refractivity contribution in [3.63, 3.8) is 0 Å². The highest BCUT2D eigenvalue weighted by atomic mass is 16.5. The minimum Gasteiger partial charge on any atom is -0.506 e. The van der Waals surface area contributed by atoms with E-state index in [1.165, 1.54) is 6.07 Å². The highest BCUT2D eigenvalue weighted by Gasteiger charge is 2.17. The van der Waals surface area contributed by atoms with Crippen LogP contribution in [0.15, 0.2) is 36.4 Å². The third kappa shape index (κ3) is 4.10. The van der Waals surface area contributed by atoms with Crippen LogP contribution in [-0.4, -0.2) is 35.6 Å². The van der Waals surface area contributed by atoms with Crippen molar-refractivity contribution >= 4 is 11.8 Å². The van der Waals surface area contributed by atoms with Crippen LogP contribution in [0.2, 0.25) is 0 Å². The number of aromatic hydroxyl groups is 1. The molecular weight excluding hydrogens is 310 g/mol. The number of Topliss-reactive ketones (excluding diaryl/α,β-unsaturated/α-hetero) is 1. The smallest absolute Gasteiger partial charge is 0.306 e. The number of esters is 1. The molecule has 24 heavy (non-hydrogen) atoms. The maximum Gasteiger partial charge on any atom is 0.306 e. The first-order valence-electron chi connectivity index (χ1n) is 7.59. The number of aromatic nitrogens is 1. The van der Waals surface area contributed by atoms with Crippen LogP contribution in [0.1, 0.15) is 30.3 Å². The lowest BCUT2D eigenvalue weighted by Crippen LogP contribution is -2.09. The largest absolute Gasteiger partial charge is 0.506 e. The van der Waals surface area contributed by atoms with Gasteiger partial charge in [0.25, 0.3) is 0 Å². The molecule has 0 unspecified atom stereocenters. The topological polar surface area (TPSA) is 85.7 Å². The number of hydrogen-bond acceptors (Lipinski definition) is 6. The summed E-state index contributed by atoms with van der Waals surface area (Å²) in [5.41, 5.74) is 1.15. The molecule has 0 fully saturated rings. The highest BCUT2D eigenvalue weighted by Crippen LogP contribution is 2.30. The lowest BCUT2D eigenvalue weighted by Gasteiger charge is -2.10. The molecule has 126 valence electrons. The molecule has 0 spiro atoms. The molecule has 6 nitrogen and oxygen atoms in total. The third-order valence-electron chi connectivity index (χ3n) is 3.38. The highest BCUT2D eigenvalue weighted by molar-refractivity contribution is 5.98. The molecular formula is C18H19NO5. The summed E-state index contributed by atoms with van der Waals surface area (Å²) >= 11 is 0. The van der Waals surface area contributed by atoms with Crippen LogP contribution in [-0.2, 0) is 9.53 Å². The Hall–Kier alpha value is -2.89. The summed E-state index contributed by atoms with van der Waals surface area (Å²) in [6, 6.07) is 10.3. The quantitative estimate of drug-likeness (QED) is 0.621. The van der Waals surface area contributed by atoms with Gasteiger partial charge in [-0.05, 0) is 31.2 Å². The molecule has 0 aliphatic rings. The lowest BCUT2D eigenvalue weighted by molar-refractivity contribution is -0.143. The van der Waals surface area contributed by atoms with Gasteiger partial charge in [-0.15, -0.1) is 0 Å². The molecule has 0 radical (unpaired) electrons. The van der Waals surface area contributed by atoms with Crippen LogP contribution in [0.5, 0.6) is 11.5 Å². The number of nitrogens with zero attached hydrogens (tertiary/aromatic N) is 1. The Labute approximate surface area is 140 Å². The van der Waals surface area contributed by atoms with Crippen molar-refractivity contribution in [1.82, 2.24) is 4.98 Å². The maximum atomic E-state index is 12.3. The number of carbonyl (C=O) groups excluding carboxylic acids is 2. The Morgan fingerprint density at radius 1 is 1.12 bits per heavy atom. The number of benzene rings is 1. The van der Waals surface area contributed by atoms with Crippen LogP contribution in [0.3, 0.4) is 0 Å². The average molecular weight is 329 g/mol. The van der Waals surface area contributed by atoms with E-state index in [2.05, 4.69) is 4.98 Å². The minimum absolute atomic E-state index is 0.0489. The SMILES string of the molecule is CCOC(=O)CCC(=O)c1nc(-c2ccccc2OC)ccc1O. The van der Waals surface area contributed by atoms with Gasteiger partial charge in [0.05, 0.1) is 25.8 Å². The predicted octanol–water partition coefficient (Wildman–Crippen LogP) is 2.99. The standard InChI is InChI=1S/C18H19NO5/c1-3-24-17(22)11-10-15(21)18-14(20)9-8-13(19-18)12-6-4-5-7-16(12)23-2/h4-9,20H,3,10-11H2,1-2H3. The maximum absolute atomic E-state index is 12.3. The van der Waals surface area contributed by atoms with Crippen LogP contribution in [0, 0.1) is 0 Å². The number of carbonyl (C=O) groups is 2. The molecule has 0 aliphatic heterocycles. The number of ketones is 1. The van der Waals surface area contributed by atoms with Gasteiger partial charge >= 0.3 is 5.97 Å². The van der Waals surface area contributed by atoms with Crippen molar-refractivity contribution in [3.8, 4) is 22.8 Å². The van der Waals surface area contributed by atoms with Gasteiger partial charge < -0.3 is 14.6 Å². The zero-order chi connectivity index (χ0) is 17.5. The second kappa shape index (κ2) is 8.10. The predicted molar refractivity (Wildman–Crippen MR) is 88.1 cm³/mol. The van der Waals surface area contributed by atoms with E-state index in [0.717, 1.165) is 0 Å². The van der Waals surface area contributed by atoms with Crippen LogP contribution in [0.4, 0.5) is 0 Å². The second-order valence-electron chi connectivity index (χ2n) is 4.99. The summed E-state index contributed by atoms with van der Waals surface area (Å²) in [5.74, 6) is -0.480. The van der Waals surface area contributed by atoms with Gasteiger partial charge in [0, 0.05) is 12.0 Å². The molecule has 0 bridgehead atoms. The number of hydrogen-bond donors (Lipinski definition) is 1. The second-order valence-corrected chi connectivity index (χ2v) is 4.99. The van der Waals surface area contributed by atoms with E-state index in [9.17, 15) is 14.7 Å². The van der Waals surface area contributed by atoms with Crippen LogP contribution in [0.25, 0.3) is 11.3 Å². The molecule has 1 aromatic carbocycles. The van der Waals surface area contributed by atoms with Crippen LogP contribution < -0.4 is 4.74 Å². The molecule has 0 saturated heterocycles. The number of methoxy groups -OCH3 is 1. The van der Waals surface area contributed by atoms with E-state index in [4.69, 9.17) is 9.47 Å². The fourth-order valence-electron chi connectivity index (χ4n) is 2.23. The van der Waals surface area contributed by atoms with E-state index in [1.54, 1.807) is 26.2 Å². The summed E-state index contributed by atoms with van der Waals surface area (Å²) < 4.78 is 10.1. The van der Waals surface area contributed by atoms with Crippen molar-refractivity contribution in [2.24, 2.45) is 0 Å². The molecule has 0 amide bonds.